The van der Waals surface area contributed by atoms with Crippen LogP contribution in [0.4, 0.5) is 4.39 Å². The average molecular weight is 624 g/mol. The van der Waals surface area contributed by atoms with Crippen LogP contribution in [-0.2, 0) is 28.0 Å². The molecule has 1 unspecified atom stereocenters. The predicted molar refractivity (Wildman–Crippen MR) is 164 cm³/mol. The van der Waals surface area contributed by atoms with Crippen LogP contribution in [0.3, 0.4) is 0 Å². The minimum Gasteiger partial charge on any atom is -0.483 e. The second kappa shape index (κ2) is 14.1. The Morgan fingerprint density at radius 1 is 1.00 bits per heavy atom. The van der Waals surface area contributed by atoms with Crippen LogP contribution in [-0.4, -0.2) is 35.4 Å². The van der Waals surface area contributed by atoms with Crippen molar-refractivity contribution in [3.8, 4) is 5.75 Å². The van der Waals surface area contributed by atoms with Crippen molar-refractivity contribution in [1.29, 1.82) is 0 Å². The fourth-order valence-corrected chi connectivity index (χ4v) is 5.71. The predicted octanol–water partition coefficient (Wildman–Crippen LogP) is 7.35. The van der Waals surface area contributed by atoms with Crippen molar-refractivity contribution in [1.82, 2.24) is 10.2 Å². The molecule has 0 aliphatic heterocycles. The monoisotopic (exact) mass is 622 g/mol. The summed E-state index contributed by atoms with van der Waals surface area (Å²) in [5.41, 5.74) is 2.36. The third kappa shape index (κ3) is 8.65. The summed E-state index contributed by atoms with van der Waals surface area (Å²) in [6.45, 7) is 6.05. The molecule has 3 aromatic rings. The molecule has 0 bridgehead atoms. The van der Waals surface area contributed by atoms with Gasteiger partial charge in [0.25, 0.3) is 5.91 Å². The third-order valence-electron chi connectivity index (χ3n) is 7.67. The second-order valence-corrected chi connectivity index (χ2v) is 12.7. The fraction of sp³-hybridized carbons (Fsp3) is 0.412. The maximum absolute atomic E-state index is 14.8. The number of hydrogen-bond donors (Lipinski definition) is 1. The van der Waals surface area contributed by atoms with Crippen molar-refractivity contribution < 1.29 is 18.7 Å². The molecule has 3 aromatic carbocycles. The highest BCUT2D eigenvalue weighted by molar-refractivity contribution is 9.10. The molecule has 1 N–H and O–H groups in total. The number of ether oxygens (including phenoxy) is 1. The van der Waals surface area contributed by atoms with Crippen LogP contribution in [0.2, 0.25) is 0 Å². The number of nitrogens with one attached hydrogen (secondary N) is 1. The van der Waals surface area contributed by atoms with Crippen LogP contribution in [0.1, 0.15) is 69.6 Å². The normalized spacial score (nSPS) is 14.8. The summed E-state index contributed by atoms with van der Waals surface area (Å²) in [5, 5.41) is 3.20. The summed E-state index contributed by atoms with van der Waals surface area (Å²) in [5.74, 6) is -0.498. The Labute approximate surface area is 251 Å². The van der Waals surface area contributed by atoms with Gasteiger partial charge in [0.15, 0.2) is 6.61 Å². The maximum atomic E-state index is 14.8. The van der Waals surface area contributed by atoms with Gasteiger partial charge in [0, 0.05) is 24.6 Å². The molecule has 0 aromatic heterocycles. The molecule has 1 atom stereocenters. The van der Waals surface area contributed by atoms with Gasteiger partial charge in [-0.15, -0.1) is 0 Å². The molecule has 5 nitrogen and oxygen atoms in total. The topological polar surface area (TPSA) is 58.6 Å². The van der Waals surface area contributed by atoms with Gasteiger partial charge in [-0.05, 0) is 63.5 Å². The Morgan fingerprint density at radius 3 is 2.34 bits per heavy atom. The second-order valence-electron chi connectivity index (χ2n) is 11.8. The van der Waals surface area contributed by atoms with Gasteiger partial charge in [-0.1, -0.05) is 94.6 Å². The SMILES string of the molecule is CC(C)(C)c1ccc(OCC(=O)N(Cc2ccccc2F)C(Cc2ccccc2)C(=O)NC2CCCCC2)c(Br)c1. The first-order valence-electron chi connectivity index (χ1n) is 14.4. The Kier molecular flexibility index (Phi) is 10.6. The van der Waals surface area contributed by atoms with Crippen molar-refractivity contribution in [2.75, 3.05) is 6.61 Å². The van der Waals surface area contributed by atoms with Gasteiger partial charge in [0.2, 0.25) is 5.91 Å². The number of amides is 2. The standard InChI is InChI=1S/C34H40BrFN2O3/c1-34(2,3)26-18-19-31(28(35)21-26)41-23-32(39)38(22-25-14-10-11-17-29(25)36)30(20-24-12-6-4-7-13-24)33(40)37-27-15-8-5-9-16-27/h4,6-7,10-14,17-19,21,27,30H,5,8-9,15-16,20,22-23H2,1-3H3,(H,37,40). The minimum atomic E-state index is -0.832. The Balaban J connectivity index is 1.62. The number of hydrogen-bond acceptors (Lipinski definition) is 3. The summed E-state index contributed by atoms with van der Waals surface area (Å²) in [7, 11) is 0. The number of rotatable bonds is 10. The highest BCUT2D eigenvalue weighted by Crippen LogP contribution is 2.31. The van der Waals surface area contributed by atoms with Crippen LogP contribution in [0.25, 0.3) is 0 Å². The summed E-state index contributed by atoms with van der Waals surface area (Å²) in [6, 6.07) is 21.1. The van der Waals surface area contributed by atoms with Gasteiger partial charge in [-0.25, -0.2) is 4.39 Å². The zero-order valence-electron chi connectivity index (χ0n) is 24.2. The van der Waals surface area contributed by atoms with Gasteiger partial charge >= 0.3 is 0 Å². The van der Waals surface area contributed by atoms with Gasteiger partial charge in [-0.3, -0.25) is 9.59 Å². The first-order valence-corrected chi connectivity index (χ1v) is 15.2. The molecule has 1 saturated carbocycles. The van der Waals surface area contributed by atoms with E-state index in [9.17, 15) is 14.0 Å². The van der Waals surface area contributed by atoms with Crippen molar-refractivity contribution in [3.05, 3.63) is 99.8 Å². The third-order valence-corrected chi connectivity index (χ3v) is 8.29. The molecule has 2 amide bonds. The first kappa shape index (κ1) is 30.8. The Hall–Kier alpha value is -3.19. The van der Waals surface area contributed by atoms with E-state index in [0.717, 1.165) is 41.3 Å². The highest BCUT2D eigenvalue weighted by Gasteiger charge is 2.32. The molecule has 1 fully saturated rings. The van der Waals surface area contributed by atoms with E-state index in [2.05, 4.69) is 42.0 Å². The zero-order valence-corrected chi connectivity index (χ0v) is 25.8. The lowest BCUT2D eigenvalue weighted by Crippen LogP contribution is -2.53. The van der Waals surface area contributed by atoms with E-state index in [-0.39, 0.29) is 36.4 Å². The van der Waals surface area contributed by atoms with Crippen LogP contribution in [0, 0.1) is 5.82 Å². The van der Waals surface area contributed by atoms with Gasteiger partial charge < -0.3 is 15.0 Å². The number of halogens is 2. The molecule has 0 heterocycles. The van der Waals surface area contributed by atoms with Gasteiger partial charge in [0.1, 0.15) is 17.6 Å². The number of carbonyl (C=O) groups excluding carboxylic acids is 2. The summed E-state index contributed by atoms with van der Waals surface area (Å²) >= 11 is 3.58. The van der Waals surface area contributed by atoms with Crippen LogP contribution in [0.15, 0.2) is 77.3 Å². The first-order chi connectivity index (χ1) is 19.6. The lowest BCUT2D eigenvalue weighted by atomic mass is 9.87. The summed E-state index contributed by atoms with van der Waals surface area (Å²) in [6.07, 6.45) is 5.47. The molecular formula is C34H40BrFN2O3. The molecule has 218 valence electrons. The smallest absolute Gasteiger partial charge is 0.261 e. The van der Waals surface area contributed by atoms with E-state index in [0.29, 0.717) is 17.7 Å². The molecule has 41 heavy (non-hydrogen) atoms. The van der Waals surface area contributed by atoms with E-state index < -0.39 is 11.9 Å². The van der Waals surface area contributed by atoms with E-state index in [4.69, 9.17) is 4.74 Å². The molecule has 0 saturated heterocycles. The van der Waals surface area contributed by atoms with Crippen molar-refractivity contribution in [2.24, 2.45) is 0 Å². The highest BCUT2D eigenvalue weighted by atomic mass is 79.9. The fourth-order valence-electron chi connectivity index (χ4n) is 5.22. The molecule has 1 aliphatic carbocycles. The Morgan fingerprint density at radius 2 is 1.68 bits per heavy atom. The van der Waals surface area contributed by atoms with Crippen LogP contribution in [0.5, 0.6) is 5.75 Å². The van der Waals surface area contributed by atoms with E-state index in [1.54, 1.807) is 18.2 Å². The van der Waals surface area contributed by atoms with Crippen LogP contribution < -0.4 is 10.1 Å². The van der Waals surface area contributed by atoms with Gasteiger partial charge in [-0.2, -0.15) is 0 Å². The zero-order chi connectivity index (χ0) is 29.4. The lowest BCUT2D eigenvalue weighted by Gasteiger charge is -2.33. The molecule has 7 heteroatoms. The molecular weight excluding hydrogens is 583 g/mol. The molecule has 0 spiro atoms. The van der Waals surface area contributed by atoms with Crippen molar-refractivity contribution >= 4 is 27.7 Å². The van der Waals surface area contributed by atoms with E-state index in [1.807, 2.05) is 48.5 Å². The van der Waals surface area contributed by atoms with Crippen molar-refractivity contribution in [2.45, 2.75) is 83.3 Å². The Bertz CT molecular complexity index is 1320. The quantitative estimate of drug-likeness (QED) is 0.257. The van der Waals surface area contributed by atoms with Crippen molar-refractivity contribution in [3.63, 3.8) is 0 Å². The summed E-state index contributed by atoms with van der Waals surface area (Å²) < 4.78 is 21.6. The molecule has 1 aliphatic rings. The van der Waals surface area contributed by atoms with Crippen LogP contribution >= 0.6 is 15.9 Å². The average Bonchev–Trinajstić information content (AvgIpc) is 2.95. The summed E-state index contributed by atoms with van der Waals surface area (Å²) in [4.78, 5) is 29.2. The number of benzene rings is 3. The molecule has 0 radical (unpaired) electrons. The number of carbonyl (C=O) groups is 2. The van der Waals surface area contributed by atoms with E-state index >= 15 is 0 Å². The largest absolute Gasteiger partial charge is 0.483 e. The minimum absolute atomic E-state index is 0.0379. The maximum Gasteiger partial charge on any atom is 0.261 e. The lowest BCUT2D eigenvalue weighted by molar-refractivity contribution is -0.143. The van der Waals surface area contributed by atoms with E-state index in [1.165, 1.54) is 17.4 Å². The van der Waals surface area contributed by atoms with Gasteiger partial charge in [0.05, 0.1) is 4.47 Å². The number of nitrogens with zero attached hydrogens (tertiary/aromatic N) is 1. The molecule has 4 rings (SSSR count).